The summed E-state index contributed by atoms with van der Waals surface area (Å²) in [7, 11) is 0. The van der Waals surface area contributed by atoms with Crippen molar-refractivity contribution >= 4 is 0 Å². The standard InChI is InChI=1S/C10H17N.HNO/c1-10-5-7-2-8(6-10)4-9(3-7)11-10;1-2/h7-9,11H,2-6H2,1H3;1H. The van der Waals surface area contributed by atoms with Gasteiger partial charge < -0.3 is 5.32 Å². The van der Waals surface area contributed by atoms with Crippen LogP contribution in [-0.4, -0.2) is 11.6 Å². The molecule has 4 aliphatic rings. The molecule has 2 saturated heterocycles. The van der Waals surface area contributed by atoms with Crippen molar-refractivity contribution in [2.75, 3.05) is 0 Å². The van der Waals surface area contributed by atoms with Gasteiger partial charge in [0, 0.05) is 11.6 Å². The number of nitrogens with one attached hydrogen (secondary N) is 2. The number of piperidine rings is 2. The summed E-state index contributed by atoms with van der Waals surface area (Å²) in [6.45, 7) is 2.43. The fourth-order valence-electron chi connectivity index (χ4n) is 3.98. The molecule has 0 amide bonds. The van der Waals surface area contributed by atoms with Gasteiger partial charge in [-0.3, -0.25) is 0 Å². The highest BCUT2D eigenvalue weighted by atomic mass is 16.2. The van der Waals surface area contributed by atoms with E-state index in [9.17, 15) is 0 Å². The van der Waals surface area contributed by atoms with Crippen molar-refractivity contribution in [3.63, 3.8) is 0 Å². The lowest BCUT2D eigenvalue weighted by atomic mass is 9.60. The lowest BCUT2D eigenvalue weighted by molar-refractivity contribution is 0.00775. The van der Waals surface area contributed by atoms with Gasteiger partial charge in [0.15, 0.2) is 0 Å². The highest BCUT2D eigenvalue weighted by Gasteiger charge is 2.47. The van der Waals surface area contributed by atoms with E-state index >= 15 is 0 Å². The fourth-order valence-corrected chi connectivity index (χ4v) is 3.98. The molecule has 2 aliphatic heterocycles. The summed E-state index contributed by atoms with van der Waals surface area (Å²) in [5.74, 6) is 2.16. The summed E-state index contributed by atoms with van der Waals surface area (Å²) in [6, 6.07) is 0.895. The molecule has 0 aromatic heterocycles. The number of nitroso groups, excluding NO2 is 1. The SMILES string of the molecule is CC12CC3CC(CC(C3)N1)C2.N=O. The van der Waals surface area contributed by atoms with Crippen LogP contribution in [0.2, 0.25) is 0 Å². The minimum absolute atomic E-state index is 0.550. The molecule has 4 rings (SSSR count). The molecule has 2 atom stereocenters. The Hall–Kier alpha value is -0.440. The molecule has 2 saturated carbocycles. The molecule has 74 valence electrons. The lowest BCUT2D eigenvalue weighted by Gasteiger charge is -2.56. The minimum atomic E-state index is 0.550. The molecule has 13 heavy (non-hydrogen) atoms. The molecule has 4 fully saturated rings. The molecule has 3 nitrogen and oxygen atoms in total. The average Bonchev–Trinajstić information content (AvgIpc) is 2.02. The van der Waals surface area contributed by atoms with Crippen LogP contribution in [0.5, 0.6) is 0 Å². The van der Waals surface area contributed by atoms with Gasteiger partial charge in [0.2, 0.25) is 0 Å². The fraction of sp³-hybridized carbons (Fsp3) is 1.00. The van der Waals surface area contributed by atoms with E-state index in [0.29, 0.717) is 5.54 Å². The summed E-state index contributed by atoms with van der Waals surface area (Å²) in [4.78, 5) is 7.50. The molecule has 0 spiro atoms. The second kappa shape index (κ2) is 3.05. The zero-order valence-electron chi connectivity index (χ0n) is 8.18. The van der Waals surface area contributed by atoms with Crippen molar-refractivity contribution in [2.24, 2.45) is 11.8 Å². The first-order valence-electron chi connectivity index (χ1n) is 5.22. The van der Waals surface area contributed by atoms with Gasteiger partial charge in [-0.2, -0.15) is 4.91 Å². The van der Waals surface area contributed by atoms with E-state index < -0.39 is 0 Å². The van der Waals surface area contributed by atoms with Crippen molar-refractivity contribution in [2.45, 2.75) is 50.6 Å². The molecular weight excluding hydrogens is 164 g/mol. The Balaban J connectivity index is 0.000000308. The van der Waals surface area contributed by atoms with Gasteiger partial charge in [-0.25, -0.2) is 0 Å². The van der Waals surface area contributed by atoms with E-state index in [2.05, 4.69) is 17.8 Å². The molecule has 4 bridgehead atoms. The van der Waals surface area contributed by atoms with Crippen LogP contribution in [0, 0.1) is 22.3 Å². The maximum atomic E-state index is 7.50. The third kappa shape index (κ3) is 1.50. The zero-order valence-corrected chi connectivity index (χ0v) is 8.18. The molecular formula is C10H18N2O. The van der Waals surface area contributed by atoms with Gasteiger partial charge in [-0.05, 0) is 50.9 Å². The van der Waals surface area contributed by atoms with Crippen molar-refractivity contribution in [1.82, 2.24) is 5.32 Å². The Kier molecular flexibility index (Phi) is 2.14. The average molecular weight is 182 g/mol. The number of hydrogen-bond acceptors (Lipinski definition) is 3. The molecule has 2 heterocycles. The van der Waals surface area contributed by atoms with Crippen LogP contribution in [0.3, 0.4) is 0 Å². The van der Waals surface area contributed by atoms with Crippen LogP contribution < -0.4 is 5.32 Å². The smallest absolute Gasteiger partial charge is 0.0161 e. The summed E-state index contributed by atoms with van der Waals surface area (Å²) in [5, 5.41) is 3.79. The van der Waals surface area contributed by atoms with Gasteiger partial charge in [-0.15, -0.1) is 0 Å². The zero-order chi connectivity index (χ0) is 9.47. The largest absolute Gasteiger partial charge is 0.309 e. The first-order chi connectivity index (χ1) is 6.23. The molecule has 0 radical (unpaired) electrons. The maximum Gasteiger partial charge on any atom is 0.0161 e. The van der Waals surface area contributed by atoms with Gasteiger partial charge >= 0.3 is 0 Å². The van der Waals surface area contributed by atoms with Crippen LogP contribution in [0.25, 0.3) is 0 Å². The van der Waals surface area contributed by atoms with E-state index in [1.807, 2.05) is 0 Å². The predicted octanol–water partition coefficient (Wildman–Crippen LogP) is 2.26. The molecule has 0 aromatic carbocycles. The van der Waals surface area contributed by atoms with Gasteiger partial charge in [-0.1, -0.05) is 5.59 Å². The second-order valence-corrected chi connectivity index (χ2v) is 5.25. The van der Waals surface area contributed by atoms with Crippen molar-refractivity contribution in [3.05, 3.63) is 4.91 Å². The molecule has 2 N–H and O–H groups in total. The van der Waals surface area contributed by atoms with E-state index in [1.54, 1.807) is 6.42 Å². The highest BCUT2D eigenvalue weighted by molar-refractivity contribution is 5.05. The van der Waals surface area contributed by atoms with E-state index in [-0.39, 0.29) is 0 Å². The van der Waals surface area contributed by atoms with E-state index in [1.165, 1.54) is 25.7 Å². The normalized spacial score (nSPS) is 51.3. The Bertz CT molecular complexity index is 170. The van der Waals surface area contributed by atoms with Crippen molar-refractivity contribution in [1.29, 1.82) is 5.59 Å². The molecule has 2 unspecified atom stereocenters. The molecule has 2 aliphatic carbocycles. The lowest BCUT2D eigenvalue weighted by Crippen LogP contribution is -2.62. The van der Waals surface area contributed by atoms with Crippen molar-refractivity contribution in [3.8, 4) is 0 Å². The summed E-state index contributed by atoms with van der Waals surface area (Å²) in [6.07, 6.45) is 7.42. The molecule has 0 aromatic rings. The van der Waals surface area contributed by atoms with E-state index in [4.69, 9.17) is 4.91 Å². The first-order valence-corrected chi connectivity index (χ1v) is 5.22. The third-order valence-electron chi connectivity index (χ3n) is 3.93. The summed E-state index contributed by atoms with van der Waals surface area (Å²) in [5.41, 5.74) is 5.05. The summed E-state index contributed by atoms with van der Waals surface area (Å²) >= 11 is 0. The van der Waals surface area contributed by atoms with Crippen LogP contribution >= 0.6 is 0 Å². The third-order valence-corrected chi connectivity index (χ3v) is 3.93. The maximum absolute atomic E-state index is 7.50. The summed E-state index contributed by atoms with van der Waals surface area (Å²) < 4.78 is 0. The Morgan fingerprint density at radius 3 is 2.08 bits per heavy atom. The molecule has 3 heteroatoms. The van der Waals surface area contributed by atoms with Gasteiger partial charge in [0.25, 0.3) is 0 Å². The van der Waals surface area contributed by atoms with E-state index in [0.717, 1.165) is 17.9 Å². The Morgan fingerprint density at radius 1 is 1.15 bits per heavy atom. The minimum Gasteiger partial charge on any atom is -0.309 e. The second-order valence-electron chi connectivity index (χ2n) is 5.25. The monoisotopic (exact) mass is 182 g/mol. The van der Waals surface area contributed by atoms with Gasteiger partial charge in [0.05, 0.1) is 0 Å². The van der Waals surface area contributed by atoms with Crippen LogP contribution in [0.1, 0.15) is 39.0 Å². The number of rotatable bonds is 0. The van der Waals surface area contributed by atoms with Crippen molar-refractivity contribution < 1.29 is 0 Å². The van der Waals surface area contributed by atoms with Crippen LogP contribution in [0.15, 0.2) is 0 Å². The Labute approximate surface area is 79.0 Å². The highest BCUT2D eigenvalue weighted by Crippen LogP contribution is 2.49. The van der Waals surface area contributed by atoms with Crippen LogP contribution in [0.4, 0.5) is 0 Å². The number of hydrogen-bond donors (Lipinski definition) is 2. The predicted molar refractivity (Wildman–Crippen MR) is 51.5 cm³/mol. The topological polar surface area (TPSA) is 53.0 Å². The Morgan fingerprint density at radius 2 is 1.69 bits per heavy atom. The quantitative estimate of drug-likeness (QED) is 0.564. The first kappa shape index (κ1) is 9.13. The van der Waals surface area contributed by atoms with Gasteiger partial charge in [0.1, 0.15) is 0 Å². The van der Waals surface area contributed by atoms with Crippen LogP contribution in [-0.2, 0) is 0 Å².